The molecule has 0 aliphatic carbocycles. The number of hydrogen-bond donors (Lipinski definition) is 2. The normalized spacial score (nSPS) is 16.8. The summed E-state index contributed by atoms with van der Waals surface area (Å²) < 4.78 is 11.4. The number of nitrogens with two attached hydrogens (primary N) is 1. The molecule has 1 atom stereocenters. The first-order valence-electron chi connectivity index (χ1n) is 6.76. The average Bonchev–Trinajstić information content (AvgIpc) is 2.53. The van der Waals surface area contributed by atoms with Gasteiger partial charge in [0.15, 0.2) is 11.5 Å². The molecule has 0 radical (unpaired) electrons. The van der Waals surface area contributed by atoms with Crippen LogP contribution in [-0.4, -0.2) is 19.3 Å². The maximum Gasteiger partial charge on any atom is 0.163 e. The molecule has 3 N–H and O–H groups in total. The van der Waals surface area contributed by atoms with Crippen molar-refractivity contribution in [1.82, 2.24) is 0 Å². The maximum absolute atomic E-state index is 5.78. The predicted molar refractivity (Wildman–Crippen MR) is 79.2 cm³/mol. The lowest BCUT2D eigenvalue weighted by atomic mass is 10.2. The van der Waals surface area contributed by atoms with E-state index < -0.39 is 0 Å². The predicted octanol–water partition coefficient (Wildman–Crippen LogP) is 2.40. The topological polar surface area (TPSA) is 56.5 Å². The first-order valence-corrected chi connectivity index (χ1v) is 6.76. The van der Waals surface area contributed by atoms with Gasteiger partial charge in [0.25, 0.3) is 0 Å². The number of benzene rings is 2. The molecule has 0 bridgehead atoms. The van der Waals surface area contributed by atoms with Crippen LogP contribution in [0.5, 0.6) is 11.5 Å². The van der Waals surface area contributed by atoms with Crippen LogP contribution in [0.15, 0.2) is 48.5 Å². The van der Waals surface area contributed by atoms with Crippen molar-refractivity contribution in [2.75, 3.05) is 18.5 Å². The highest BCUT2D eigenvalue weighted by molar-refractivity contribution is 5.55. The van der Waals surface area contributed by atoms with Gasteiger partial charge in [-0.05, 0) is 17.7 Å². The molecule has 0 unspecified atom stereocenters. The monoisotopic (exact) mass is 270 g/mol. The van der Waals surface area contributed by atoms with Gasteiger partial charge in [-0.2, -0.15) is 0 Å². The summed E-state index contributed by atoms with van der Waals surface area (Å²) in [6.07, 6.45) is -0.0631. The van der Waals surface area contributed by atoms with Gasteiger partial charge in [0.1, 0.15) is 12.7 Å². The third-order valence-corrected chi connectivity index (χ3v) is 3.26. The number of anilines is 1. The molecule has 1 heterocycles. The van der Waals surface area contributed by atoms with Crippen LogP contribution in [0, 0.1) is 0 Å². The molecule has 104 valence electrons. The van der Waals surface area contributed by atoms with Gasteiger partial charge in [0, 0.05) is 24.8 Å². The molecular weight excluding hydrogens is 252 g/mol. The molecule has 1 aliphatic heterocycles. The fourth-order valence-corrected chi connectivity index (χ4v) is 2.14. The Morgan fingerprint density at radius 2 is 1.95 bits per heavy atom. The summed E-state index contributed by atoms with van der Waals surface area (Å²) in [7, 11) is 0. The lowest BCUT2D eigenvalue weighted by Crippen LogP contribution is -2.35. The van der Waals surface area contributed by atoms with Crippen molar-refractivity contribution in [3.8, 4) is 11.5 Å². The summed E-state index contributed by atoms with van der Waals surface area (Å²) in [5, 5.41) is 3.38. The van der Waals surface area contributed by atoms with Crippen LogP contribution < -0.4 is 20.5 Å². The van der Waals surface area contributed by atoms with Gasteiger partial charge in [0.2, 0.25) is 0 Å². The molecule has 1 aliphatic rings. The highest BCUT2D eigenvalue weighted by atomic mass is 16.6. The second-order valence-electron chi connectivity index (χ2n) is 4.79. The summed E-state index contributed by atoms with van der Waals surface area (Å²) in [4.78, 5) is 0. The zero-order valence-electron chi connectivity index (χ0n) is 11.2. The van der Waals surface area contributed by atoms with E-state index in [1.54, 1.807) is 0 Å². The first-order chi connectivity index (χ1) is 9.85. The zero-order valence-corrected chi connectivity index (χ0v) is 11.2. The number of nitrogens with one attached hydrogen (secondary N) is 1. The minimum Gasteiger partial charge on any atom is -0.486 e. The Hall–Kier alpha value is -2.20. The van der Waals surface area contributed by atoms with Crippen LogP contribution in [0.2, 0.25) is 0 Å². The fraction of sp³-hybridized carbons (Fsp3) is 0.250. The van der Waals surface area contributed by atoms with E-state index in [4.69, 9.17) is 15.2 Å². The molecule has 20 heavy (non-hydrogen) atoms. The quantitative estimate of drug-likeness (QED) is 0.895. The Morgan fingerprint density at radius 3 is 2.75 bits per heavy atom. The van der Waals surface area contributed by atoms with Crippen molar-refractivity contribution < 1.29 is 9.47 Å². The lowest BCUT2D eigenvalue weighted by Gasteiger charge is -2.26. The van der Waals surface area contributed by atoms with Crippen LogP contribution in [-0.2, 0) is 6.54 Å². The van der Waals surface area contributed by atoms with Crippen molar-refractivity contribution in [2.24, 2.45) is 5.73 Å². The van der Waals surface area contributed by atoms with E-state index in [-0.39, 0.29) is 6.10 Å². The first kappa shape index (κ1) is 12.8. The fourth-order valence-electron chi connectivity index (χ4n) is 2.14. The minimum absolute atomic E-state index is 0.0631. The second kappa shape index (κ2) is 5.84. The molecule has 0 fully saturated rings. The zero-order chi connectivity index (χ0) is 13.8. The van der Waals surface area contributed by atoms with E-state index in [0.29, 0.717) is 13.2 Å². The third-order valence-electron chi connectivity index (χ3n) is 3.26. The Balaban J connectivity index is 1.69. The van der Waals surface area contributed by atoms with Crippen molar-refractivity contribution >= 4 is 5.69 Å². The van der Waals surface area contributed by atoms with E-state index >= 15 is 0 Å². The van der Waals surface area contributed by atoms with Crippen LogP contribution in [0.3, 0.4) is 0 Å². The Morgan fingerprint density at radius 1 is 1.10 bits per heavy atom. The van der Waals surface area contributed by atoms with E-state index in [9.17, 15) is 0 Å². The number of hydrogen-bond acceptors (Lipinski definition) is 4. The van der Waals surface area contributed by atoms with Gasteiger partial charge >= 0.3 is 0 Å². The Labute approximate surface area is 118 Å². The van der Waals surface area contributed by atoms with Gasteiger partial charge in [-0.25, -0.2) is 0 Å². The molecule has 2 aromatic rings. The van der Waals surface area contributed by atoms with Gasteiger partial charge < -0.3 is 20.5 Å². The lowest BCUT2D eigenvalue weighted by molar-refractivity contribution is 0.0970. The summed E-state index contributed by atoms with van der Waals surface area (Å²) in [5.74, 6) is 1.53. The van der Waals surface area contributed by atoms with Gasteiger partial charge in [-0.15, -0.1) is 0 Å². The summed E-state index contributed by atoms with van der Waals surface area (Å²) in [6, 6.07) is 16.1. The minimum atomic E-state index is -0.0631. The molecule has 4 nitrogen and oxygen atoms in total. The summed E-state index contributed by atoms with van der Waals surface area (Å²) in [6.45, 7) is 1.75. The molecule has 0 amide bonds. The Kier molecular flexibility index (Phi) is 3.74. The van der Waals surface area contributed by atoms with Crippen molar-refractivity contribution in [3.05, 3.63) is 54.1 Å². The number of rotatable bonds is 4. The molecule has 2 aromatic carbocycles. The van der Waals surface area contributed by atoms with Crippen LogP contribution in [0.25, 0.3) is 0 Å². The van der Waals surface area contributed by atoms with Crippen LogP contribution in [0.1, 0.15) is 5.56 Å². The Bertz CT molecular complexity index is 572. The van der Waals surface area contributed by atoms with Crippen LogP contribution in [0.4, 0.5) is 5.69 Å². The molecule has 3 rings (SSSR count). The van der Waals surface area contributed by atoms with Gasteiger partial charge in [0.05, 0.1) is 0 Å². The molecular formula is C16H18N2O2. The number of fused-ring (bicyclic) bond motifs is 1. The van der Waals surface area contributed by atoms with E-state index in [2.05, 4.69) is 17.4 Å². The highest BCUT2D eigenvalue weighted by Gasteiger charge is 2.19. The molecule has 0 saturated carbocycles. The smallest absolute Gasteiger partial charge is 0.163 e. The summed E-state index contributed by atoms with van der Waals surface area (Å²) in [5.41, 5.74) is 7.86. The van der Waals surface area contributed by atoms with E-state index in [1.165, 1.54) is 5.56 Å². The van der Waals surface area contributed by atoms with Gasteiger partial charge in [-0.3, -0.25) is 0 Å². The highest BCUT2D eigenvalue weighted by Crippen LogP contribution is 2.34. The van der Waals surface area contributed by atoms with Crippen LogP contribution >= 0.6 is 0 Å². The molecule has 0 saturated heterocycles. The SMILES string of the molecule is NC[C@@H]1COc2ccc(NCc3ccccc3)cc2O1. The van der Waals surface area contributed by atoms with E-state index in [0.717, 1.165) is 23.7 Å². The van der Waals surface area contributed by atoms with Crippen molar-refractivity contribution in [1.29, 1.82) is 0 Å². The summed E-state index contributed by atoms with van der Waals surface area (Å²) >= 11 is 0. The standard InChI is InChI=1S/C16H18N2O2/c17-9-14-11-19-15-7-6-13(8-16(15)20-14)18-10-12-4-2-1-3-5-12/h1-8,14,18H,9-11,17H2/t14-/m1/s1. The number of ether oxygens (including phenoxy) is 2. The molecule has 0 spiro atoms. The maximum atomic E-state index is 5.78. The molecule has 4 heteroatoms. The largest absolute Gasteiger partial charge is 0.486 e. The van der Waals surface area contributed by atoms with Gasteiger partial charge in [-0.1, -0.05) is 30.3 Å². The molecule has 0 aromatic heterocycles. The van der Waals surface area contributed by atoms with E-state index in [1.807, 2.05) is 36.4 Å². The van der Waals surface area contributed by atoms with Crippen molar-refractivity contribution in [3.63, 3.8) is 0 Å². The third kappa shape index (κ3) is 2.86. The average molecular weight is 270 g/mol. The van der Waals surface area contributed by atoms with Crippen molar-refractivity contribution in [2.45, 2.75) is 12.6 Å². The second-order valence-corrected chi connectivity index (χ2v) is 4.79.